The second-order valence-electron chi connectivity index (χ2n) is 18.4. The molecule has 4 aliphatic rings. The quantitative estimate of drug-likeness (QED) is 0.164. The number of nitrogens with zero attached hydrogens (tertiary/aromatic N) is 4. The molecular weight excluding hydrogens is 801 g/mol. The van der Waals surface area contributed by atoms with Crippen LogP contribution >= 0.6 is 0 Å². The fourth-order valence-corrected chi connectivity index (χ4v) is 11.5. The minimum Gasteiger partial charge on any atom is -0.344 e. The van der Waals surface area contributed by atoms with Crippen molar-refractivity contribution in [2.45, 2.75) is 25.7 Å². The van der Waals surface area contributed by atoms with Crippen LogP contribution in [0, 0.1) is 0 Å². The molecule has 0 aromatic heterocycles. The summed E-state index contributed by atoms with van der Waals surface area (Å²) in [7, 11) is 4.43. The molecule has 318 valence electrons. The molecule has 0 aliphatic carbocycles. The van der Waals surface area contributed by atoms with Gasteiger partial charge in [-0.1, -0.05) is 133 Å². The van der Waals surface area contributed by atoms with Crippen LogP contribution in [-0.2, 0) is 12.8 Å². The Morgan fingerprint density at radius 3 is 1.18 bits per heavy atom. The predicted octanol–water partition coefficient (Wildman–Crippen LogP) is 16.0. The van der Waals surface area contributed by atoms with E-state index in [0.717, 1.165) is 38.8 Å². The Bertz CT molecular complexity index is 3270. The highest BCUT2D eigenvalue weighted by molar-refractivity contribution is 6.23. The van der Waals surface area contributed by atoms with Crippen molar-refractivity contribution in [1.29, 1.82) is 0 Å². The normalized spacial score (nSPS) is 14.8. The first kappa shape index (κ1) is 38.6. The standard InChI is InChI=1S/C62H50N4/c1-63-55-19-7-3-15-43(55)23-25-45-27-29-47(37-59(45)63)61-51-33-31-50(66-36-12-18-42-14-6-10-22-58(42)66)40-54(51)62(48-30-28-46-26-24-44-16-4-8-20-56(44)64(2)60(46)38-48)52-34-32-49(39-53(52)61)65-35-11-17-41-13-5-9-21-57(41)65/h3-10,13-16,19-34,37-40H,11-12,17-18,35-36H2,1-2H3. The lowest BCUT2D eigenvalue weighted by Crippen LogP contribution is -2.24. The first-order valence-corrected chi connectivity index (χ1v) is 23.6. The fourth-order valence-electron chi connectivity index (χ4n) is 11.5. The van der Waals surface area contributed by atoms with E-state index < -0.39 is 0 Å². The fraction of sp³-hybridized carbons (Fsp3) is 0.129. The van der Waals surface area contributed by atoms with E-state index in [-0.39, 0.29) is 0 Å². The largest absolute Gasteiger partial charge is 0.344 e. The Balaban J connectivity index is 1.11. The van der Waals surface area contributed by atoms with Crippen LogP contribution < -0.4 is 19.6 Å². The third-order valence-corrected chi connectivity index (χ3v) is 14.8. The minimum atomic E-state index is 0.987. The van der Waals surface area contributed by atoms with Gasteiger partial charge in [0.25, 0.3) is 0 Å². The van der Waals surface area contributed by atoms with Crippen molar-refractivity contribution >= 4 is 91.3 Å². The van der Waals surface area contributed by atoms with Crippen LogP contribution in [0.25, 0.3) is 68.1 Å². The lowest BCUT2D eigenvalue weighted by molar-refractivity contribution is 0.767. The Hall–Kier alpha value is -7.82. The third kappa shape index (κ3) is 6.19. The summed E-state index contributed by atoms with van der Waals surface area (Å²) in [6.45, 7) is 1.97. The van der Waals surface area contributed by atoms with Crippen LogP contribution in [0.4, 0.5) is 45.5 Å². The average Bonchev–Trinajstić information content (AvgIpc) is 3.61. The Kier molecular flexibility index (Phi) is 9.02. The highest BCUT2D eigenvalue weighted by atomic mass is 15.2. The summed E-state index contributed by atoms with van der Waals surface area (Å²) in [5.41, 5.74) is 22.6. The maximum absolute atomic E-state index is 2.55. The molecule has 0 N–H and O–H groups in total. The summed E-state index contributed by atoms with van der Waals surface area (Å²) in [4.78, 5) is 9.84. The van der Waals surface area contributed by atoms with Gasteiger partial charge in [0.05, 0.1) is 0 Å². The van der Waals surface area contributed by atoms with Crippen molar-refractivity contribution in [2.24, 2.45) is 0 Å². The van der Waals surface area contributed by atoms with Crippen molar-refractivity contribution < 1.29 is 0 Å². The SMILES string of the molecule is CN1c2ccccc2C=Cc2ccc(-c3c4ccc(N5CCCc6ccccc65)cc4c(-c4ccc5c(c4)N(C)c4ccccc4C=C5)c4ccc(N5CCCc6ccccc65)cc34)cc21. The first-order chi connectivity index (χ1) is 32.6. The average molecular weight is 851 g/mol. The molecule has 4 heterocycles. The molecule has 0 spiro atoms. The van der Waals surface area contributed by atoms with Gasteiger partial charge in [-0.25, -0.2) is 0 Å². The lowest BCUT2D eigenvalue weighted by atomic mass is 9.84. The van der Waals surface area contributed by atoms with Crippen molar-refractivity contribution in [3.8, 4) is 22.3 Å². The third-order valence-electron chi connectivity index (χ3n) is 14.8. The number of fused-ring (bicyclic) bond motifs is 8. The van der Waals surface area contributed by atoms with E-state index in [1.165, 1.54) is 123 Å². The molecule has 0 bridgehead atoms. The van der Waals surface area contributed by atoms with Gasteiger partial charge in [-0.3, -0.25) is 0 Å². The summed E-state index contributed by atoms with van der Waals surface area (Å²) in [5, 5.41) is 5.02. The summed E-state index contributed by atoms with van der Waals surface area (Å²) in [5.74, 6) is 0. The van der Waals surface area contributed by atoms with Gasteiger partial charge in [0, 0.05) is 72.7 Å². The van der Waals surface area contributed by atoms with Crippen LogP contribution in [-0.4, -0.2) is 27.2 Å². The maximum atomic E-state index is 2.55. The number of hydrogen-bond acceptors (Lipinski definition) is 4. The molecule has 4 nitrogen and oxygen atoms in total. The molecule has 4 heteroatoms. The summed E-state index contributed by atoms with van der Waals surface area (Å²) in [6, 6.07) is 64.3. The van der Waals surface area contributed by atoms with E-state index >= 15 is 0 Å². The van der Waals surface area contributed by atoms with Gasteiger partial charge in [-0.05, 0) is 164 Å². The number of aryl methyl sites for hydroxylation is 2. The lowest BCUT2D eigenvalue weighted by Gasteiger charge is -2.33. The van der Waals surface area contributed by atoms with Gasteiger partial charge in [-0.2, -0.15) is 0 Å². The maximum Gasteiger partial charge on any atom is 0.0488 e. The van der Waals surface area contributed by atoms with E-state index in [2.05, 4.69) is 228 Å². The smallest absolute Gasteiger partial charge is 0.0488 e. The van der Waals surface area contributed by atoms with E-state index in [0.29, 0.717) is 0 Å². The van der Waals surface area contributed by atoms with E-state index in [1.807, 2.05) is 0 Å². The second-order valence-corrected chi connectivity index (χ2v) is 18.4. The molecular formula is C62H50N4. The van der Waals surface area contributed by atoms with Crippen LogP contribution in [0.15, 0.2) is 170 Å². The van der Waals surface area contributed by atoms with E-state index in [1.54, 1.807) is 0 Å². The number of anilines is 8. The Morgan fingerprint density at radius 1 is 0.333 bits per heavy atom. The van der Waals surface area contributed by atoms with E-state index in [9.17, 15) is 0 Å². The van der Waals surface area contributed by atoms with Gasteiger partial charge in [0.15, 0.2) is 0 Å². The van der Waals surface area contributed by atoms with Crippen molar-refractivity contribution in [1.82, 2.24) is 0 Å². The van der Waals surface area contributed by atoms with Crippen LogP contribution in [0.1, 0.15) is 46.2 Å². The zero-order chi connectivity index (χ0) is 43.9. The van der Waals surface area contributed by atoms with Crippen LogP contribution in [0.5, 0.6) is 0 Å². The van der Waals surface area contributed by atoms with Crippen molar-refractivity contribution in [3.63, 3.8) is 0 Å². The highest BCUT2D eigenvalue weighted by Gasteiger charge is 2.26. The van der Waals surface area contributed by atoms with Crippen molar-refractivity contribution in [3.05, 3.63) is 203 Å². The molecule has 9 aromatic rings. The van der Waals surface area contributed by atoms with E-state index in [4.69, 9.17) is 0 Å². The van der Waals surface area contributed by atoms with Crippen LogP contribution in [0.3, 0.4) is 0 Å². The summed E-state index contributed by atoms with van der Waals surface area (Å²) < 4.78 is 0. The van der Waals surface area contributed by atoms with Gasteiger partial charge >= 0.3 is 0 Å². The number of para-hydroxylation sites is 4. The molecule has 0 saturated heterocycles. The second kappa shape index (κ2) is 15.4. The minimum absolute atomic E-state index is 0.987. The molecule has 0 amide bonds. The summed E-state index contributed by atoms with van der Waals surface area (Å²) in [6.07, 6.45) is 13.5. The molecule has 0 fully saturated rings. The highest BCUT2D eigenvalue weighted by Crippen LogP contribution is 2.50. The van der Waals surface area contributed by atoms with Gasteiger partial charge in [-0.15, -0.1) is 0 Å². The molecule has 0 saturated carbocycles. The zero-order valence-corrected chi connectivity index (χ0v) is 37.5. The molecule has 0 unspecified atom stereocenters. The van der Waals surface area contributed by atoms with Crippen molar-refractivity contribution in [2.75, 3.05) is 46.8 Å². The predicted molar refractivity (Wildman–Crippen MR) is 283 cm³/mol. The molecule has 4 aliphatic heterocycles. The summed E-state index contributed by atoms with van der Waals surface area (Å²) >= 11 is 0. The first-order valence-electron chi connectivity index (χ1n) is 23.6. The Labute approximate surface area is 387 Å². The van der Waals surface area contributed by atoms with Gasteiger partial charge in [0.2, 0.25) is 0 Å². The molecule has 0 radical (unpaired) electrons. The topological polar surface area (TPSA) is 13.0 Å². The number of hydrogen-bond donors (Lipinski definition) is 0. The monoisotopic (exact) mass is 850 g/mol. The molecule has 0 atom stereocenters. The van der Waals surface area contributed by atoms with Gasteiger partial charge in [0.1, 0.15) is 0 Å². The van der Waals surface area contributed by atoms with Gasteiger partial charge < -0.3 is 19.6 Å². The zero-order valence-electron chi connectivity index (χ0n) is 37.5. The van der Waals surface area contributed by atoms with Crippen LogP contribution in [0.2, 0.25) is 0 Å². The molecule has 66 heavy (non-hydrogen) atoms. The molecule has 9 aromatic carbocycles. The Morgan fingerprint density at radius 2 is 0.727 bits per heavy atom. The molecule has 13 rings (SSSR count). The number of benzene rings is 9. The number of rotatable bonds is 4.